The molecule has 1 aliphatic heterocycles. The Kier molecular flexibility index (Phi) is 3.94. The number of carbonyl (C=O) groups is 1. The molecule has 0 radical (unpaired) electrons. The average molecular weight is 265 g/mol. The van der Waals surface area contributed by atoms with Crippen molar-refractivity contribution in [3.8, 4) is 0 Å². The second kappa shape index (κ2) is 5.64. The number of pyridine rings is 1. The van der Waals surface area contributed by atoms with Crippen molar-refractivity contribution in [2.75, 3.05) is 25.1 Å². The van der Waals surface area contributed by atoms with E-state index >= 15 is 0 Å². The maximum atomic E-state index is 11.4. The molecule has 0 bridgehead atoms. The topological polar surface area (TPSA) is 85.6 Å². The van der Waals surface area contributed by atoms with Crippen molar-refractivity contribution in [3.63, 3.8) is 0 Å². The first kappa shape index (κ1) is 13.3. The Balaban J connectivity index is 2.10. The zero-order valence-electron chi connectivity index (χ0n) is 10.6. The highest BCUT2D eigenvalue weighted by Crippen LogP contribution is 2.30. The van der Waals surface area contributed by atoms with Crippen LogP contribution in [0.5, 0.6) is 0 Å². The molecular formula is C12H15N3O4. The van der Waals surface area contributed by atoms with Gasteiger partial charge in [0.15, 0.2) is 0 Å². The van der Waals surface area contributed by atoms with E-state index in [1.54, 1.807) is 6.07 Å². The molecule has 0 N–H and O–H groups in total. The van der Waals surface area contributed by atoms with Crippen LogP contribution in [0.2, 0.25) is 0 Å². The molecule has 2 heterocycles. The Labute approximate surface area is 110 Å². The zero-order valence-corrected chi connectivity index (χ0v) is 10.6. The van der Waals surface area contributed by atoms with Crippen molar-refractivity contribution in [1.29, 1.82) is 0 Å². The van der Waals surface area contributed by atoms with Crippen LogP contribution in [0, 0.1) is 16.0 Å². The summed E-state index contributed by atoms with van der Waals surface area (Å²) in [4.78, 5) is 27.6. The summed E-state index contributed by atoms with van der Waals surface area (Å²) in [5, 5.41) is 10.9. The third-order valence-corrected chi connectivity index (χ3v) is 3.34. The predicted molar refractivity (Wildman–Crippen MR) is 67.8 cm³/mol. The lowest BCUT2D eigenvalue weighted by molar-refractivity contribution is -0.384. The summed E-state index contributed by atoms with van der Waals surface area (Å²) in [6.45, 7) is 1.20. The highest BCUT2D eigenvalue weighted by molar-refractivity contribution is 5.73. The van der Waals surface area contributed by atoms with Gasteiger partial charge < -0.3 is 9.64 Å². The van der Waals surface area contributed by atoms with Crippen LogP contribution in [0.3, 0.4) is 0 Å². The van der Waals surface area contributed by atoms with Gasteiger partial charge in [-0.2, -0.15) is 0 Å². The van der Waals surface area contributed by atoms with Gasteiger partial charge in [-0.05, 0) is 18.9 Å². The lowest BCUT2D eigenvalue weighted by atomic mass is 9.96. The zero-order chi connectivity index (χ0) is 13.8. The maximum absolute atomic E-state index is 11.4. The monoisotopic (exact) mass is 265 g/mol. The first-order chi connectivity index (χ1) is 9.13. The Morgan fingerprint density at radius 1 is 1.53 bits per heavy atom. The number of methoxy groups -OCH3 is 1. The van der Waals surface area contributed by atoms with Crippen molar-refractivity contribution in [1.82, 2.24) is 4.98 Å². The minimum Gasteiger partial charge on any atom is -0.469 e. The third-order valence-electron chi connectivity index (χ3n) is 3.34. The third kappa shape index (κ3) is 2.81. The molecule has 0 unspecified atom stereocenters. The van der Waals surface area contributed by atoms with Crippen molar-refractivity contribution in [3.05, 3.63) is 28.6 Å². The van der Waals surface area contributed by atoms with Gasteiger partial charge in [-0.15, -0.1) is 0 Å². The van der Waals surface area contributed by atoms with Crippen LogP contribution >= 0.6 is 0 Å². The van der Waals surface area contributed by atoms with Gasteiger partial charge in [-0.25, -0.2) is 0 Å². The summed E-state index contributed by atoms with van der Waals surface area (Å²) in [5.41, 5.74) is 0.558. The summed E-state index contributed by atoms with van der Waals surface area (Å²) < 4.78 is 4.72. The number of nitrogens with zero attached hydrogens (tertiary/aromatic N) is 3. The van der Waals surface area contributed by atoms with Crippen molar-refractivity contribution >= 4 is 17.3 Å². The Morgan fingerprint density at radius 3 is 2.79 bits per heavy atom. The lowest BCUT2D eigenvalue weighted by Crippen LogP contribution is -2.37. The number of hydrogen-bond acceptors (Lipinski definition) is 6. The number of anilines is 1. The number of nitro groups is 1. The van der Waals surface area contributed by atoms with Gasteiger partial charge in [0.25, 0.3) is 0 Å². The Hall–Kier alpha value is -2.18. The fourth-order valence-corrected chi connectivity index (χ4v) is 2.31. The smallest absolute Gasteiger partial charge is 0.310 e. The van der Waals surface area contributed by atoms with Gasteiger partial charge in [-0.1, -0.05) is 0 Å². The fraction of sp³-hybridized carbons (Fsp3) is 0.500. The summed E-state index contributed by atoms with van der Waals surface area (Å²) in [5.74, 6) is -0.314. The molecule has 2 rings (SSSR count). The van der Waals surface area contributed by atoms with Gasteiger partial charge >= 0.3 is 11.7 Å². The summed E-state index contributed by atoms with van der Waals surface area (Å²) in [6, 6.07) is 1.64. The van der Waals surface area contributed by atoms with Crippen LogP contribution < -0.4 is 4.90 Å². The molecule has 1 aromatic rings. The second-order valence-electron chi connectivity index (χ2n) is 4.41. The molecule has 1 aromatic heterocycles. The summed E-state index contributed by atoms with van der Waals surface area (Å²) >= 11 is 0. The molecule has 1 saturated heterocycles. The molecule has 1 fully saturated rings. The fourth-order valence-electron chi connectivity index (χ4n) is 2.31. The van der Waals surface area contributed by atoms with Crippen molar-refractivity contribution in [2.24, 2.45) is 5.92 Å². The molecule has 0 amide bonds. The molecule has 0 aromatic carbocycles. The van der Waals surface area contributed by atoms with Gasteiger partial charge in [0.05, 0.1) is 18.0 Å². The van der Waals surface area contributed by atoms with E-state index in [0.29, 0.717) is 31.6 Å². The molecule has 0 spiro atoms. The molecule has 0 saturated carbocycles. The molecule has 19 heavy (non-hydrogen) atoms. The number of hydrogen-bond donors (Lipinski definition) is 0. The largest absolute Gasteiger partial charge is 0.469 e. The Morgan fingerprint density at radius 2 is 2.21 bits per heavy atom. The molecule has 7 heteroatoms. The summed E-state index contributed by atoms with van der Waals surface area (Å²) in [6.07, 6.45) is 4.08. The highest BCUT2D eigenvalue weighted by atomic mass is 16.6. The van der Waals surface area contributed by atoms with Gasteiger partial charge in [0.2, 0.25) is 0 Å². The van der Waals surface area contributed by atoms with Crippen LogP contribution in [-0.4, -0.2) is 36.1 Å². The van der Waals surface area contributed by atoms with E-state index in [9.17, 15) is 14.9 Å². The van der Waals surface area contributed by atoms with E-state index in [2.05, 4.69) is 4.98 Å². The summed E-state index contributed by atoms with van der Waals surface area (Å²) in [7, 11) is 1.38. The molecule has 102 valence electrons. The van der Waals surface area contributed by atoms with E-state index in [-0.39, 0.29) is 17.6 Å². The predicted octanol–water partition coefficient (Wildman–Crippen LogP) is 1.38. The number of carbonyl (C=O) groups excluding carboxylic acids is 1. The van der Waals surface area contributed by atoms with Crippen LogP contribution in [-0.2, 0) is 9.53 Å². The molecular weight excluding hydrogens is 250 g/mol. The van der Waals surface area contributed by atoms with Crippen LogP contribution in [0.4, 0.5) is 11.4 Å². The van der Waals surface area contributed by atoms with Gasteiger partial charge in [0, 0.05) is 19.3 Å². The first-order valence-electron chi connectivity index (χ1n) is 6.04. The van der Waals surface area contributed by atoms with Gasteiger partial charge in [0.1, 0.15) is 11.9 Å². The number of piperidine rings is 1. The van der Waals surface area contributed by atoms with Crippen molar-refractivity contribution in [2.45, 2.75) is 12.8 Å². The number of ether oxygens (including phenoxy) is 1. The lowest BCUT2D eigenvalue weighted by Gasteiger charge is -2.31. The van der Waals surface area contributed by atoms with Crippen LogP contribution in [0.25, 0.3) is 0 Å². The van der Waals surface area contributed by atoms with Crippen LogP contribution in [0.15, 0.2) is 18.5 Å². The van der Waals surface area contributed by atoms with E-state index in [0.717, 1.165) is 0 Å². The normalized spacial score (nSPS) is 16.2. The van der Waals surface area contributed by atoms with E-state index < -0.39 is 4.92 Å². The van der Waals surface area contributed by atoms with Gasteiger partial charge in [-0.3, -0.25) is 19.9 Å². The van der Waals surface area contributed by atoms with Crippen molar-refractivity contribution < 1.29 is 14.5 Å². The second-order valence-corrected chi connectivity index (χ2v) is 4.41. The quantitative estimate of drug-likeness (QED) is 0.466. The van der Waals surface area contributed by atoms with E-state index in [1.807, 2.05) is 4.90 Å². The standard InChI is InChI=1S/C12H15N3O4/c1-19-12(16)9-3-6-14(7-4-9)10-2-5-13-8-11(10)15(17)18/h2,5,8-9H,3-4,6-7H2,1H3. The number of esters is 1. The number of aromatic nitrogens is 1. The maximum Gasteiger partial charge on any atom is 0.310 e. The number of rotatable bonds is 3. The molecule has 0 atom stereocenters. The highest BCUT2D eigenvalue weighted by Gasteiger charge is 2.28. The Bertz CT molecular complexity index is 484. The SMILES string of the molecule is COC(=O)C1CCN(c2ccncc2[N+](=O)[O-])CC1. The van der Waals surface area contributed by atoms with E-state index in [1.165, 1.54) is 19.5 Å². The average Bonchev–Trinajstić information content (AvgIpc) is 2.46. The van der Waals surface area contributed by atoms with Crippen LogP contribution in [0.1, 0.15) is 12.8 Å². The minimum atomic E-state index is -0.436. The minimum absolute atomic E-state index is 0.000909. The molecule has 7 nitrogen and oxygen atoms in total. The first-order valence-corrected chi connectivity index (χ1v) is 6.04. The molecule has 1 aliphatic rings. The molecule has 0 aliphatic carbocycles. The van der Waals surface area contributed by atoms with E-state index in [4.69, 9.17) is 4.74 Å².